The molecule has 0 spiro atoms. The summed E-state index contributed by atoms with van der Waals surface area (Å²) in [6.07, 6.45) is 0. The molecule has 0 aliphatic rings. The highest BCUT2D eigenvalue weighted by molar-refractivity contribution is 6.33. The molecule has 3 aromatic rings. The molecule has 1 aromatic heterocycles. The van der Waals surface area contributed by atoms with Gasteiger partial charge in [0.15, 0.2) is 11.5 Å². The number of halogens is 1. The maximum atomic E-state index is 12.2. The van der Waals surface area contributed by atoms with E-state index < -0.39 is 5.91 Å². The lowest BCUT2D eigenvalue weighted by atomic mass is 10.2. The lowest BCUT2D eigenvalue weighted by Gasteiger charge is -2.08. The number of carbonyl (C=O) groups excluding carboxylic acids is 1. The molecule has 2 N–H and O–H groups in total. The molecule has 0 aliphatic heterocycles. The number of hydrogen-bond donors (Lipinski definition) is 2. The Morgan fingerprint density at radius 3 is 2.60 bits per heavy atom. The fraction of sp³-hybridized carbons (Fsp3) is 0. The molecule has 0 saturated heterocycles. The summed E-state index contributed by atoms with van der Waals surface area (Å²) in [5, 5.41) is 23.0. The molecule has 0 bridgehead atoms. The van der Waals surface area contributed by atoms with Crippen LogP contribution in [0.15, 0.2) is 60.7 Å². The fourth-order valence-corrected chi connectivity index (χ4v) is 2.27. The Bertz CT molecular complexity index is 950. The molecule has 2 aromatic carbocycles. The standard InChI is InChI=1S/C18H12ClN5O/c19-14-6-1-2-7-15(14)22-17-9-8-16(23-24-17)18(25)21-13-5-3-4-12(10-13)11-20/h1-10H,(H,21,25)(H,22,24). The number of hydrogen-bond acceptors (Lipinski definition) is 5. The highest BCUT2D eigenvalue weighted by atomic mass is 35.5. The van der Waals surface area contributed by atoms with Crippen molar-refractivity contribution in [3.63, 3.8) is 0 Å². The van der Waals surface area contributed by atoms with Crippen LogP contribution in [-0.2, 0) is 0 Å². The van der Waals surface area contributed by atoms with E-state index in [1.54, 1.807) is 42.5 Å². The van der Waals surface area contributed by atoms with Gasteiger partial charge in [0.1, 0.15) is 0 Å². The van der Waals surface area contributed by atoms with Crippen molar-refractivity contribution in [3.05, 3.63) is 76.9 Å². The highest BCUT2D eigenvalue weighted by Gasteiger charge is 2.09. The number of benzene rings is 2. The van der Waals surface area contributed by atoms with Crippen molar-refractivity contribution in [3.8, 4) is 6.07 Å². The van der Waals surface area contributed by atoms with Gasteiger partial charge in [0.05, 0.1) is 22.3 Å². The molecule has 0 fully saturated rings. The third kappa shape index (κ3) is 4.10. The number of carbonyl (C=O) groups is 1. The van der Waals surface area contributed by atoms with Crippen LogP contribution in [0.25, 0.3) is 0 Å². The smallest absolute Gasteiger partial charge is 0.276 e. The molecule has 122 valence electrons. The van der Waals surface area contributed by atoms with Gasteiger partial charge in [-0.05, 0) is 42.5 Å². The molecule has 1 amide bonds. The van der Waals surface area contributed by atoms with E-state index in [-0.39, 0.29) is 5.69 Å². The molecule has 0 radical (unpaired) electrons. The molecular weight excluding hydrogens is 338 g/mol. The van der Waals surface area contributed by atoms with Crippen LogP contribution < -0.4 is 10.6 Å². The molecule has 3 rings (SSSR count). The third-order valence-electron chi connectivity index (χ3n) is 3.28. The molecule has 0 aliphatic carbocycles. The van der Waals surface area contributed by atoms with E-state index in [2.05, 4.69) is 20.8 Å². The summed E-state index contributed by atoms with van der Waals surface area (Å²) in [7, 11) is 0. The van der Waals surface area contributed by atoms with Crippen LogP contribution in [0.1, 0.15) is 16.1 Å². The van der Waals surface area contributed by atoms with Crippen LogP contribution in [0, 0.1) is 11.3 Å². The first-order valence-corrected chi connectivity index (χ1v) is 7.70. The van der Waals surface area contributed by atoms with Crippen molar-refractivity contribution in [1.82, 2.24) is 10.2 Å². The van der Waals surface area contributed by atoms with E-state index in [1.165, 1.54) is 0 Å². The van der Waals surface area contributed by atoms with E-state index in [4.69, 9.17) is 16.9 Å². The van der Waals surface area contributed by atoms with Gasteiger partial charge in [-0.25, -0.2) is 0 Å². The Morgan fingerprint density at radius 1 is 1.04 bits per heavy atom. The van der Waals surface area contributed by atoms with Crippen LogP contribution >= 0.6 is 11.6 Å². The second-order valence-corrected chi connectivity index (χ2v) is 5.46. The summed E-state index contributed by atoms with van der Waals surface area (Å²) in [6, 6.07) is 19.1. The van der Waals surface area contributed by atoms with Crippen molar-refractivity contribution < 1.29 is 4.79 Å². The van der Waals surface area contributed by atoms with Crippen molar-refractivity contribution in [1.29, 1.82) is 5.26 Å². The van der Waals surface area contributed by atoms with Crippen molar-refractivity contribution >= 4 is 34.7 Å². The minimum atomic E-state index is -0.410. The maximum absolute atomic E-state index is 12.2. The summed E-state index contributed by atoms with van der Waals surface area (Å²) in [5.74, 6) is 0.0583. The third-order valence-corrected chi connectivity index (χ3v) is 3.61. The number of nitriles is 1. The quantitative estimate of drug-likeness (QED) is 0.743. The van der Waals surface area contributed by atoms with Crippen molar-refractivity contribution in [2.75, 3.05) is 10.6 Å². The maximum Gasteiger partial charge on any atom is 0.276 e. The van der Waals surface area contributed by atoms with Gasteiger partial charge in [0, 0.05) is 5.69 Å². The Kier molecular flexibility index (Phi) is 4.88. The van der Waals surface area contributed by atoms with Gasteiger partial charge in [-0.3, -0.25) is 4.79 Å². The second-order valence-electron chi connectivity index (χ2n) is 5.06. The molecule has 25 heavy (non-hydrogen) atoms. The Hall–Kier alpha value is -3.43. The zero-order chi connectivity index (χ0) is 17.6. The predicted molar refractivity (Wildman–Crippen MR) is 95.9 cm³/mol. The molecule has 1 heterocycles. The highest BCUT2D eigenvalue weighted by Crippen LogP contribution is 2.23. The van der Waals surface area contributed by atoms with E-state index >= 15 is 0 Å². The minimum absolute atomic E-state index is 0.159. The number of amides is 1. The molecule has 6 nitrogen and oxygen atoms in total. The van der Waals surface area contributed by atoms with Crippen LogP contribution in [-0.4, -0.2) is 16.1 Å². The minimum Gasteiger partial charge on any atom is -0.338 e. The average Bonchev–Trinajstić information content (AvgIpc) is 2.64. The van der Waals surface area contributed by atoms with Crippen molar-refractivity contribution in [2.24, 2.45) is 0 Å². The van der Waals surface area contributed by atoms with E-state index in [0.717, 1.165) is 0 Å². The van der Waals surface area contributed by atoms with E-state index in [1.807, 2.05) is 24.3 Å². The molecule has 0 unspecified atom stereocenters. The second kappa shape index (κ2) is 7.43. The number of nitrogens with zero attached hydrogens (tertiary/aromatic N) is 3. The molecule has 7 heteroatoms. The Labute approximate surface area is 149 Å². The lowest BCUT2D eigenvalue weighted by molar-refractivity contribution is 0.102. The average molecular weight is 350 g/mol. The zero-order valence-electron chi connectivity index (χ0n) is 12.9. The summed E-state index contributed by atoms with van der Waals surface area (Å²) < 4.78 is 0. The summed E-state index contributed by atoms with van der Waals surface area (Å²) in [5.41, 5.74) is 1.84. The number of nitrogens with one attached hydrogen (secondary N) is 2. The first-order chi connectivity index (χ1) is 12.2. The first-order valence-electron chi connectivity index (χ1n) is 7.32. The van der Waals surface area contributed by atoms with E-state index in [9.17, 15) is 4.79 Å². The topological polar surface area (TPSA) is 90.7 Å². The summed E-state index contributed by atoms with van der Waals surface area (Å²) in [6.45, 7) is 0. The van der Waals surface area contributed by atoms with Crippen LogP contribution in [0.3, 0.4) is 0 Å². The van der Waals surface area contributed by atoms with Crippen LogP contribution in [0.2, 0.25) is 5.02 Å². The largest absolute Gasteiger partial charge is 0.338 e. The molecule has 0 saturated carbocycles. The zero-order valence-corrected chi connectivity index (χ0v) is 13.7. The van der Waals surface area contributed by atoms with Gasteiger partial charge >= 0.3 is 0 Å². The van der Waals surface area contributed by atoms with Gasteiger partial charge in [-0.15, -0.1) is 10.2 Å². The van der Waals surface area contributed by atoms with Crippen LogP contribution in [0.4, 0.5) is 17.2 Å². The van der Waals surface area contributed by atoms with Gasteiger partial charge in [-0.1, -0.05) is 29.8 Å². The summed E-state index contributed by atoms with van der Waals surface area (Å²) >= 11 is 6.07. The number of rotatable bonds is 4. The van der Waals surface area contributed by atoms with Crippen LogP contribution in [0.5, 0.6) is 0 Å². The van der Waals surface area contributed by atoms with Gasteiger partial charge in [0.2, 0.25) is 0 Å². The SMILES string of the molecule is N#Cc1cccc(NC(=O)c2ccc(Nc3ccccc3Cl)nn2)c1. The normalized spacial score (nSPS) is 9.92. The van der Waals surface area contributed by atoms with Gasteiger partial charge in [0.25, 0.3) is 5.91 Å². The molecule has 0 atom stereocenters. The number of anilines is 3. The van der Waals surface area contributed by atoms with Gasteiger partial charge in [-0.2, -0.15) is 5.26 Å². The van der Waals surface area contributed by atoms with Crippen molar-refractivity contribution in [2.45, 2.75) is 0 Å². The predicted octanol–water partition coefficient (Wildman–Crippen LogP) is 4.00. The number of para-hydroxylation sites is 1. The van der Waals surface area contributed by atoms with Gasteiger partial charge < -0.3 is 10.6 Å². The Morgan fingerprint density at radius 2 is 1.88 bits per heavy atom. The first kappa shape index (κ1) is 16.4. The fourth-order valence-electron chi connectivity index (χ4n) is 2.08. The monoisotopic (exact) mass is 349 g/mol. The Balaban J connectivity index is 1.70. The lowest BCUT2D eigenvalue weighted by Crippen LogP contribution is -2.14. The molecular formula is C18H12ClN5O. The van der Waals surface area contributed by atoms with E-state index in [0.29, 0.717) is 27.8 Å². The number of aromatic nitrogens is 2. The summed E-state index contributed by atoms with van der Waals surface area (Å²) in [4.78, 5) is 12.2.